The van der Waals surface area contributed by atoms with Gasteiger partial charge >= 0.3 is 0 Å². The number of hydrogen-bond acceptors (Lipinski definition) is 5. The summed E-state index contributed by atoms with van der Waals surface area (Å²) in [6.07, 6.45) is 3.74. The summed E-state index contributed by atoms with van der Waals surface area (Å²) in [5.41, 5.74) is 0. The van der Waals surface area contributed by atoms with E-state index in [1.807, 2.05) is 12.1 Å². The van der Waals surface area contributed by atoms with Crippen LogP contribution in [0.4, 0.5) is 11.8 Å². The van der Waals surface area contributed by atoms with Gasteiger partial charge in [-0.15, -0.1) is 5.10 Å². The van der Waals surface area contributed by atoms with Crippen molar-refractivity contribution in [2.45, 2.75) is 18.9 Å². The van der Waals surface area contributed by atoms with Crippen LogP contribution in [0.3, 0.4) is 0 Å². The molecule has 0 saturated heterocycles. The molecule has 2 heterocycles. The van der Waals surface area contributed by atoms with E-state index in [1.54, 1.807) is 12.3 Å². The molecule has 0 spiro atoms. The Morgan fingerprint density at radius 2 is 2.28 bits per heavy atom. The van der Waals surface area contributed by atoms with Gasteiger partial charge in [0.25, 0.3) is 5.91 Å². The minimum atomic E-state index is -0.223. The Bertz CT molecular complexity index is 548. The lowest BCUT2D eigenvalue weighted by Crippen LogP contribution is -2.26. The van der Waals surface area contributed by atoms with E-state index in [1.165, 1.54) is 0 Å². The predicted molar refractivity (Wildman–Crippen MR) is 64.4 cm³/mol. The fraction of sp³-hybridized carbons (Fsp3) is 0.273. The van der Waals surface area contributed by atoms with Gasteiger partial charge in [0.2, 0.25) is 11.8 Å². The van der Waals surface area contributed by atoms with Crippen LogP contribution in [0.15, 0.2) is 24.4 Å². The Labute approximate surface area is 103 Å². The minimum Gasteiger partial charge on any atom is -0.347 e. The summed E-state index contributed by atoms with van der Waals surface area (Å²) in [7, 11) is 0. The number of carbonyl (C=O) groups is 1. The topological polar surface area (TPSA) is 95.6 Å². The highest BCUT2D eigenvalue weighted by Crippen LogP contribution is 2.19. The lowest BCUT2D eigenvalue weighted by molar-refractivity contribution is 0.0941. The van der Waals surface area contributed by atoms with E-state index in [2.05, 4.69) is 30.8 Å². The van der Waals surface area contributed by atoms with E-state index in [0.717, 1.165) is 12.8 Å². The summed E-state index contributed by atoms with van der Waals surface area (Å²) in [5.74, 6) is 0.944. The van der Waals surface area contributed by atoms with Gasteiger partial charge in [0.05, 0.1) is 0 Å². The van der Waals surface area contributed by atoms with Crippen molar-refractivity contribution in [3.63, 3.8) is 0 Å². The third kappa shape index (κ3) is 2.45. The zero-order valence-electron chi connectivity index (χ0n) is 9.55. The second kappa shape index (κ2) is 4.44. The van der Waals surface area contributed by atoms with E-state index < -0.39 is 0 Å². The monoisotopic (exact) mass is 244 g/mol. The van der Waals surface area contributed by atoms with Gasteiger partial charge < -0.3 is 10.6 Å². The van der Waals surface area contributed by atoms with Crippen molar-refractivity contribution < 1.29 is 4.79 Å². The van der Waals surface area contributed by atoms with Crippen LogP contribution in [-0.2, 0) is 0 Å². The van der Waals surface area contributed by atoms with Crippen molar-refractivity contribution in [2.75, 3.05) is 5.32 Å². The van der Waals surface area contributed by atoms with Crippen LogP contribution < -0.4 is 10.6 Å². The third-order valence-corrected chi connectivity index (χ3v) is 2.52. The van der Waals surface area contributed by atoms with Crippen LogP contribution >= 0.6 is 0 Å². The number of aromatic amines is 1. The number of rotatable bonds is 4. The summed E-state index contributed by atoms with van der Waals surface area (Å²) < 4.78 is 0. The Morgan fingerprint density at radius 3 is 3.00 bits per heavy atom. The molecule has 18 heavy (non-hydrogen) atoms. The van der Waals surface area contributed by atoms with Crippen LogP contribution in [-0.4, -0.2) is 32.1 Å². The summed E-state index contributed by atoms with van der Waals surface area (Å²) in [6, 6.07) is 5.76. The molecule has 1 aliphatic carbocycles. The number of hydrogen-bond donors (Lipinski definition) is 3. The van der Waals surface area contributed by atoms with Gasteiger partial charge in [-0.1, -0.05) is 6.07 Å². The maximum atomic E-state index is 11.7. The van der Waals surface area contributed by atoms with Gasteiger partial charge in [0.1, 0.15) is 5.82 Å². The molecule has 1 amide bonds. The van der Waals surface area contributed by atoms with Crippen molar-refractivity contribution >= 4 is 17.7 Å². The normalized spacial score (nSPS) is 14.2. The molecule has 0 aliphatic heterocycles. The summed E-state index contributed by atoms with van der Waals surface area (Å²) in [4.78, 5) is 19.8. The maximum absolute atomic E-state index is 11.7. The molecule has 1 fully saturated rings. The second-order valence-corrected chi connectivity index (χ2v) is 4.10. The molecule has 2 aromatic rings. The van der Waals surface area contributed by atoms with E-state index in [4.69, 9.17) is 0 Å². The van der Waals surface area contributed by atoms with Crippen LogP contribution in [0.5, 0.6) is 0 Å². The molecule has 1 aliphatic rings. The Hall–Kier alpha value is -2.44. The number of nitrogens with zero attached hydrogens (tertiary/aromatic N) is 3. The number of pyridine rings is 1. The summed E-state index contributed by atoms with van der Waals surface area (Å²) >= 11 is 0. The highest BCUT2D eigenvalue weighted by Gasteiger charge is 2.25. The molecule has 7 nitrogen and oxygen atoms in total. The first-order valence-corrected chi connectivity index (χ1v) is 5.72. The van der Waals surface area contributed by atoms with E-state index in [9.17, 15) is 4.79 Å². The van der Waals surface area contributed by atoms with Crippen molar-refractivity contribution in [1.29, 1.82) is 0 Å². The van der Waals surface area contributed by atoms with Crippen molar-refractivity contribution in [3.8, 4) is 0 Å². The van der Waals surface area contributed by atoms with Gasteiger partial charge in [-0.3, -0.25) is 9.89 Å². The highest BCUT2D eigenvalue weighted by molar-refractivity contribution is 5.91. The molecule has 92 valence electrons. The van der Waals surface area contributed by atoms with Crippen LogP contribution in [0.2, 0.25) is 0 Å². The predicted octanol–water partition coefficient (Wildman–Crippen LogP) is 0.835. The lowest BCUT2D eigenvalue weighted by Gasteiger charge is -1.98. The van der Waals surface area contributed by atoms with Gasteiger partial charge in [-0.2, -0.15) is 4.98 Å². The number of carbonyl (C=O) groups excluding carboxylic acids is 1. The van der Waals surface area contributed by atoms with Crippen molar-refractivity contribution in [3.05, 3.63) is 30.2 Å². The molecule has 0 atom stereocenters. The Kier molecular flexibility index (Phi) is 2.64. The molecule has 0 bridgehead atoms. The SMILES string of the molecule is O=C(NC1CC1)c1nc(Nc2ccccn2)n[nH]1. The third-order valence-electron chi connectivity index (χ3n) is 2.52. The number of H-pyrrole nitrogens is 1. The highest BCUT2D eigenvalue weighted by atomic mass is 16.2. The number of amides is 1. The summed E-state index contributed by atoms with van der Waals surface area (Å²) in [6.45, 7) is 0. The van der Waals surface area contributed by atoms with Gasteiger partial charge in [-0.25, -0.2) is 4.98 Å². The fourth-order valence-corrected chi connectivity index (χ4v) is 1.45. The number of anilines is 2. The van der Waals surface area contributed by atoms with Gasteiger partial charge in [0.15, 0.2) is 0 Å². The Balaban J connectivity index is 1.67. The molecule has 0 aromatic carbocycles. The second-order valence-electron chi connectivity index (χ2n) is 4.10. The zero-order chi connectivity index (χ0) is 12.4. The molecule has 3 N–H and O–H groups in total. The first-order chi connectivity index (χ1) is 8.81. The molecule has 1 saturated carbocycles. The number of aromatic nitrogens is 4. The molecule has 0 unspecified atom stereocenters. The zero-order valence-corrected chi connectivity index (χ0v) is 9.55. The van der Waals surface area contributed by atoms with E-state index >= 15 is 0 Å². The molecular formula is C11H12N6O. The van der Waals surface area contributed by atoms with Crippen molar-refractivity contribution in [1.82, 2.24) is 25.5 Å². The molecule has 7 heteroatoms. The molecule has 3 rings (SSSR count). The maximum Gasteiger partial charge on any atom is 0.288 e. The van der Waals surface area contributed by atoms with Gasteiger partial charge in [0, 0.05) is 12.2 Å². The molecule has 2 aromatic heterocycles. The summed E-state index contributed by atoms with van der Waals surface area (Å²) in [5, 5.41) is 12.2. The standard InChI is InChI=1S/C11H12N6O/c18-10(13-7-4-5-7)9-15-11(17-16-9)14-8-3-1-2-6-12-8/h1-3,6-7H,4-5H2,(H,13,18)(H2,12,14,15,16,17). The minimum absolute atomic E-state index is 0.209. The van der Waals surface area contributed by atoms with Gasteiger partial charge in [-0.05, 0) is 25.0 Å². The molecular weight excluding hydrogens is 232 g/mol. The van der Waals surface area contributed by atoms with Crippen LogP contribution in [0, 0.1) is 0 Å². The van der Waals surface area contributed by atoms with Crippen LogP contribution in [0.25, 0.3) is 0 Å². The number of nitrogens with one attached hydrogen (secondary N) is 3. The largest absolute Gasteiger partial charge is 0.347 e. The first-order valence-electron chi connectivity index (χ1n) is 5.72. The van der Waals surface area contributed by atoms with E-state index in [-0.39, 0.29) is 11.7 Å². The van der Waals surface area contributed by atoms with Crippen LogP contribution in [0.1, 0.15) is 23.5 Å². The first kappa shape index (κ1) is 10.7. The van der Waals surface area contributed by atoms with Crippen molar-refractivity contribution in [2.24, 2.45) is 0 Å². The lowest BCUT2D eigenvalue weighted by atomic mass is 10.5. The average Bonchev–Trinajstić information content (AvgIpc) is 3.07. The Morgan fingerprint density at radius 1 is 1.39 bits per heavy atom. The smallest absolute Gasteiger partial charge is 0.288 e. The fourth-order valence-electron chi connectivity index (χ4n) is 1.45. The van der Waals surface area contributed by atoms with E-state index in [0.29, 0.717) is 17.8 Å². The molecule has 0 radical (unpaired) electrons. The average molecular weight is 244 g/mol. The quantitative estimate of drug-likeness (QED) is 0.740.